The van der Waals surface area contributed by atoms with E-state index in [0.29, 0.717) is 17.0 Å². The monoisotopic (exact) mass is 658 g/mol. The lowest BCUT2D eigenvalue weighted by Crippen LogP contribution is -2.13. The zero-order chi connectivity index (χ0) is 35.9. The van der Waals surface area contributed by atoms with E-state index in [1.54, 1.807) is 18.2 Å². The smallest absolute Gasteiger partial charge is 0.138 e. The number of aryl methyl sites for hydroxylation is 2. The van der Waals surface area contributed by atoms with Crippen LogP contribution in [0.3, 0.4) is 0 Å². The molecule has 0 atom stereocenters. The summed E-state index contributed by atoms with van der Waals surface area (Å²) in [6, 6.07) is 5.22. The van der Waals surface area contributed by atoms with Crippen LogP contribution < -0.4 is 5.32 Å². The summed E-state index contributed by atoms with van der Waals surface area (Å²) in [7, 11) is 5.96. The predicted octanol–water partition coefficient (Wildman–Crippen LogP) is 10.7. The van der Waals surface area contributed by atoms with Crippen molar-refractivity contribution < 1.29 is 4.39 Å². The Labute approximate surface area is 295 Å². The molecule has 2 N–H and O–H groups in total. The van der Waals surface area contributed by atoms with Gasteiger partial charge in [0, 0.05) is 35.2 Å². The molecule has 1 heterocycles. The Morgan fingerprint density at radius 2 is 1.86 bits per heavy atom. The molecule has 1 aliphatic rings. The maximum Gasteiger partial charge on any atom is 0.138 e. The molecule has 0 radical (unpaired) electrons. The summed E-state index contributed by atoms with van der Waals surface area (Å²) < 4.78 is 14.8. The van der Waals surface area contributed by atoms with Gasteiger partial charge in [-0.25, -0.2) is 9.37 Å². The molecule has 0 saturated heterocycles. The van der Waals surface area contributed by atoms with E-state index in [2.05, 4.69) is 91.8 Å². The van der Waals surface area contributed by atoms with Crippen molar-refractivity contribution in [3.8, 4) is 0 Å². The fourth-order valence-electron chi connectivity index (χ4n) is 5.79. The van der Waals surface area contributed by atoms with E-state index in [0.717, 1.165) is 90.0 Å². The molecular weight excluding hydrogens is 604 g/mol. The maximum absolute atomic E-state index is 14.8. The molecule has 0 fully saturated rings. The summed E-state index contributed by atoms with van der Waals surface area (Å²) in [5.41, 5.74) is 11.2. The molecule has 49 heavy (non-hydrogen) atoms. The Hall–Kier alpha value is -4.74. The first-order valence-electron chi connectivity index (χ1n) is 17.2. The van der Waals surface area contributed by atoms with Gasteiger partial charge in [0.1, 0.15) is 11.6 Å². The van der Waals surface area contributed by atoms with Crippen LogP contribution >= 0.6 is 0 Å². The molecule has 5 heteroatoms. The van der Waals surface area contributed by atoms with E-state index in [4.69, 9.17) is 4.98 Å². The third-order valence-corrected chi connectivity index (χ3v) is 8.65. The number of halogens is 1. The molecule has 0 unspecified atom stereocenters. The molecule has 0 spiro atoms. The quantitative estimate of drug-likeness (QED) is 0.157. The molecule has 0 bridgehead atoms. The number of hydrogen-bond donors (Lipinski definition) is 2. The molecule has 1 aliphatic carbocycles. The summed E-state index contributed by atoms with van der Waals surface area (Å²) in [4.78, 5) is 10.5. The van der Waals surface area contributed by atoms with Gasteiger partial charge in [0.25, 0.3) is 0 Å². The van der Waals surface area contributed by atoms with Crippen molar-refractivity contribution in [3.05, 3.63) is 173 Å². The number of rotatable bonds is 18. The van der Waals surface area contributed by atoms with Crippen molar-refractivity contribution >= 4 is 11.1 Å². The van der Waals surface area contributed by atoms with Gasteiger partial charge in [-0.2, -0.15) is 0 Å². The van der Waals surface area contributed by atoms with Crippen molar-refractivity contribution in [3.63, 3.8) is 0 Å². The van der Waals surface area contributed by atoms with E-state index in [1.807, 2.05) is 52.4 Å². The number of imidazole rings is 1. The molecular formula is C44H55FN4. The average molecular weight is 659 g/mol. The molecule has 1 aromatic carbocycles. The lowest BCUT2D eigenvalue weighted by Gasteiger charge is -2.12. The van der Waals surface area contributed by atoms with Gasteiger partial charge in [-0.3, -0.25) is 0 Å². The second kappa shape index (κ2) is 19.3. The van der Waals surface area contributed by atoms with Crippen LogP contribution in [-0.2, 0) is 6.42 Å². The SMILES string of the molecule is C=C/C=C(/c1cc(F)cc(CCCN(C)C)c1)c1nc(C(=C)C(=C)\C(=C/C=C(C)/C(/C=C(\C=C)CCC2=CCCC=C2)=C/C)NC)[nH]c1C. The van der Waals surface area contributed by atoms with Crippen molar-refractivity contribution in [1.29, 1.82) is 0 Å². The molecule has 1 aromatic heterocycles. The lowest BCUT2D eigenvalue weighted by molar-refractivity contribution is 0.400. The first-order chi connectivity index (χ1) is 23.5. The number of hydrogen-bond acceptors (Lipinski definition) is 3. The van der Waals surface area contributed by atoms with E-state index in [9.17, 15) is 4.39 Å². The van der Waals surface area contributed by atoms with Gasteiger partial charge in [0.15, 0.2) is 0 Å². The summed E-state index contributed by atoms with van der Waals surface area (Å²) >= 11 is 0. The third-order valence-electron chi connectivity index (χ3n) is 8.65. The standard InChI is InChI=1S/C44H55FN4/c1-11-18-41(39-28-37(29-40(45)30-39)21-17-26-49(9)10)43-34(7)47-44(48-43)33(6)32(5)42(46-8)25-22-31(4)38(13-3)27-35(12-2)23-24-36-19-15-14-16-20-36/h11-13,15,18-20,22,25,27-30,46H,1-2,5-6,14,16-17,21,23-24,26H2,3-4,7-10H3,(H,47,48)/b31-22+,35-27+,38-13+,41-18-,42-25+. The highest BCUT2D eigenvalue weighted by atomic mass is 19.1. The minimum atomic E-state index is -0.266. The molecule has 0 aliphatic heterocycles. The van der Waals surface area contributed by atoms with Crippen molar-refractivity contribution in [2.45, 2.75) is 59.3 Å². The van der Waals surface area contributed by atoms with Crippen LogP contribution in [0.5, 0.6) is 0 Å². The summed E-state index contributed by atoms with van der Waals surface area (Å²) in [6.07, 6.45) is 26.8. The van der Waals surface area contributed by atoms with Crippen LogP contribution in [0.15, 0.2) is 139 Å². The first-order valence-corrected chi connectivity index (χ1v) is 17.2. The van der Waals surface area contributed by atoms with E-state index in [1.165, 1.54) is 11.1 Å². The normalized spacial score (nSPS) is 14.6. The van der Waals surface area contributed by atoms with E-state index >= 15 is 0 Å². The Morgan fingerprint density at radius 3 is 2.49 bits per heavy atom. The van der Waals surface area contributed by atoms with E-state index in [-0.39, 0.29) is 5.82 Å². The van der Waals surface area contributed by atoms with Gasteiger partial charge < -0.3 is 15.2 Å². The molecule has 4 nitrogen and oxygen atoms in total. The topological polar surface area (TPSA) is 44.0 Å². The minimum Gasteiger partial charge on any atom is -0.388 e. The zero-order valence-electron chi connectivity index (χ0n) is 30.6. The largest absolute Gasteiger partial charge is 0.388 e. The Bertz CT molecular complexity index is 1750. The van der Waals surface area contributed by atoms with Gasteiger partial charge in [-0.15, -0.1) is 0 Å². The fourth-order valence-corrected chi connectivity index (χ4v) is 5.79. The fraction of sp³-hybridized carbons (Fsp3) is 0.295. The molecule has 0 saturated carbocycles. The van der Waals surface area contributed by atoms with Gasteiger partial charge in [0.05, 0.1) is 5.69 Å². The van der Waals surface area contributed by atoms with Crippen molar-refractivity contribution in [2.24, 2.45) is 0 Å². The second-order valence-corrected chi connectivity index (χ2v) is 12.7. The Balaban J connectivity index is 1.83. The molecule has 3 rings (SSSR count). The number of H-pyrrole nitrogens is 1. The number of allylic oxidation sites excluding steroid dienone is 15. The van der Waals surface area contributed by atoms with Crippen LogP contribution in [0.25, 0.3) is 11.1 Å². The van der Waals surface area contributed by atoms with Gasteiger partial charge in [-0.05, 0) is 126 Å². The number of likely N-dealkylation sites (N-methyl/N-ethyl adjacent to an activating group) is 1. The third kappa shape index (κ3) is 11.4. The minimum absolute atomic E-state index is 0.266. The van der Waals surface area contributed by atoms with Crippen LogP contribution in [0.2, 0.25) is 0 Å². The van der Waals surface area contributed by atoms with Crippen molar-refractivity contribution in [2.75, 3.05) is 27.7 Å². The number of nitrogens with one attached hydrogen (secondary N) is 2. The average Bonchev–Trinajstić information content (AvgIpc) is 3.47. The number of aromatic amines is 1. The maximum atomic E-state index is 14.8. The van der Waals surface area contributed by atoms with Crippen LogP contribution in [-0.4, -0.2) is 42.6 Å². The highest BCUT2D eigenvalue weighted by molar-refractivity contribution is 5.83. The summed E-state index contributed by atoms with van der Waals surface area (Å²) in [5.74, 6) is 0.338. The van der Waals surface area contributed by atoms with Crippen LogP contribution in [0, 0.1) is 12.7 Å². The summed E-state index contributed by atoms with van der Waals surface area (Å²) in [5, 5.41) is 3.28. The number of benzene rings is 1. The number of aromatic nitrogens is 2. The molecule has 0 amide bonds. The van der Waals surface area contributed by atoms with Gasteiger partial charge >= 0.3 is 0 Å². The Kier molecular flexibility index (Phi) is 15.2. The Morgan fingerprint density at radius 1 is 1.08 bits per heavy atom. The summed E-state index contributed by atoms with van der Waals surface area (Å²) in [6.45, 7) is 23.8. The predicted molar refractivity (Wildman–Crippen MR) is 211 cm³/mol. The highest BCUT2D eigenvalue weighted by Crippen LogP contribution is 2.31. The van der Waals surface area contributed by atoms with E-state index < -0.39 is 0 Å². The van der Waals surface area contributed by atoms with Crippen LogP contribution in [0.1, 0.15) is 74.3 Å². The van der Waals surface area contributed by atoms with Crippen LogP contribution in [0.4, 0.5) is 4.39 Å². The molecule has 2 aromatic rings. The lowest BCUT2D eigenvalue weighted by atomic mass is 9.97. The number of nitrogens with zero attached hydrogens (tertiary/aromatic N) is 2. The zero-order valence-corrected chi connectivity index (χ0v) is 30.6. The molecule has 258 valence electrons. The van der Waals surface area contributed by atoms with Gasteiger partial charge in [-0.1, -0.05) is 92.6 Å². The van der Waals surface area contributed by atoms with Crippen molar-refractivity contribution in [1.82, 2.24) is 20.2 Å². The first kappa shape index (κ1) is 38.7. The van der Waals surface area contributed by atoms with Gasteiger partial charge in [0.2, 0.25) is 0 Å². The second-order valence-electron chi connectivity index (χ2n) is 12.7. The highest BCUT2D eigenvalue weighted by Gasteiger charge is 2.18.